The number of hydrogen-bond acceptors (Lipinski definition) is 6. The van der Waals surface area contributed by atoms with Crippen molar-refractivity contribution in [2.45, 2.75) is 27.2 Å². The molecule has 1 amide bonds. The van der Waals surface area contributed by atoms with E-state index in [4.69, 9.17) is 0 Å². The van der Waals surface area contributed by atoms with Gasteiger partial charge in [-0.1, -0.05) is 6.92 Å². The largest absolute Gasteiger partial charge is 0.340 e. The number of amides is 1. The molecule has 0 spiro atoms. The van der Waals surface area contributed by atoms with Crippen molar-refractivity contribution in [3.8, 4) is 11.3 Å². The summed E-state index contributed by atoms with van der Waals surface area (Å²) < 4.78 is 3.33. The number of piperazine rings is 1. The normalized spacial score (nSPS) is 15.4. The van der Waals surface area contributed by atoms with Gasteiger partial charge in [-0.05, 0) is 26.5 Å². The fraction of sp³-hybridized carbons (Fsp3) is 0.500. The van der Waals surface area contributed by atoms with Gasteiger partial charge in [0.15, 0.2) is 4.96 Å². The molecular weight excluding hydrogens is 388 g/mol. The van der Waals surface area contributed by atoms with E-state index in [9.17, 15) is 9.59 Å². The minimum atomic E-state index is -0.162. The second-order valence-electron chi connectivity index (χ2n) is 7.51. The SMILES string of the molecule is CCN1CCN(C(=O)Cc2csc3nc(C)c(-c4cc(C)n(C)n4)c(=O)n23)CC1. The molecule has 0 aromatic carbocycles. The smallest absolute Gasteiger partial charge is 0.268 e. The number of aryl methyl sites for hydroxylation is 3. The fourth-order valence-corrected chi connectivity index (χ4v) is 4.71. The number of hydrogen-bond donors (Lipinski definition) is 0. The summed E-state index contributed by atoms with van der Waals surface area (Å²) in [5, 5.41) is 6.33. The summed E-state index contributed by atoms with van der Waals surface area (Å²) in [7, 11) is 1.85. The Kier molecular flexibility index (Phi) is 5.26. The van der Waals surface area contributed by atoms with Crippen LogP contribution in [0.3, 0.4) is 0 Å². The number of thiazole rings is 1. The van der Waals surface area contributed by atoms with Crippen LogP contribution in [0.2, 0.25) is 0 Å². The molecule has 4 heterocycles. The molecule has 3 aromatic heterocycles. The minimum absolute atomic E-state index is 0.0585. The lowest BCUT2D eigenvalue weighted by Crippen LogP contribution is -2.49. The molecule has 0 bridgehead atoms. The van der Waals surface area contributed by atoms with Gasteiger partial charge >= 0.3 is 0 Å². The Hall–Kier alpha value is -2.52. The summed E-state index contributed by atoms with van der Waals surface area (Å²) in [4.78, 5) is 35.6. The first-order valence-electron chi connectivity index (χ1n) is 9.90. The summed E-state index contributed by atoms with van der Waals surface area (Å²) in [5.74, 6) is 0.0585. The standard InChI is InChI=1S/C20H26N6O2S/c1-5-24-6-8-25(9-7-24)17(27)11-15-12-29-20-21-14(3)18(19(28)26(15)20)16-10-13(2)23(4)22-16/h10,12H,5-9,11H2,1-4H3. The lowest BCUT2D eigenvalue weighted by Gasteiger charge is -2.34. The second kappa shape index (κ2) is 7.72. The van der Waals surface area contributed by atoms with E-state index < -0.39 is 0 Å². The van der Waals surface area contributed by atoms with Crippen LogP contribution in [-0.2, 0) is 18.3 Å². The molecule has 1 fully saturated rings. The van der Waals surface area contributed by atoms with Crippen LogP contribution in [0.5, 0.6) is 0 Å². The first kappa shape index (κ1) is 19.8. The molecule has 4 rings (SSSR count). The van der Waals surface area contributed by atoms with E-state index in [2.05, 4.69) is 21.9 Å². The van der Waals surface area contributed by atoms with Gasteiger partial charge in [0.05, 0.1) is 23.4 Å². The molecule has 154 valence electrons. The lowest BCUT2D eigenvalue weighted by molar-refractivity contribution is -0.132. The van der Waals surface area contributed by atoms with E-state index >= 15 is 0 Å². The minimum Gasteiger partial charge on any atom is -0.340 e. The number of carbonyl (C=O) groups is 1. The van der Waals surface area contributed by atoms with Crippen LogP contribution >= 0.6 is 11.3 Å². The van der Waals surface area contributed by atoms with E-state index in [1.165, 1.54) is 11.3 Å². The van der Waals surface area contributed by atoms with E-state index in [1.54, 1.807) is 9.08 Å². The highest BCUT2D eigenvalue weighted by Crippen LogP contribution is 2.22. The van der Waals surface area contributed by atoms with Crippen LogP contribution in [0.4, 0.5) is 0 Å². The van der Waals surface area contributed by atoms with Gasteiger partial charge in [-0.3, -0.25) is 18.7 Å². The molecule has 29 heavy (non-hydrogen) atoms. The Labute approximate surface area is 173 Å². The van der Waals surface area contributed by atoms with Crippen LogP contribution in [0.1, 0.15) is 24.0 Å². The summed E-state index contributed by atoms with van der Waals surface area (Å²) >= 11 is 1.39. The third kappa shape index (κ3) is 3.60. The number of fused-ring (bicyclic) bond motifs is 1. The van der Waals surface area contributed by atoms with Crippen LogP contribution in [0, 0.1) is 13.8 Å². The highest BCUT2D eigenvalue weighted by atomic mass is 32.1. The maximum atomic E-state index is 13.3. The average Bonchev–Trinajstić information content (AvgIpc) is 3.24. The number of rotatable bonds is 4. The fourth-order valence-electron chi connectivity index (χ4n) is 3.79. The average molecular weight is 415 g/mol. The molecule has 0 aliphatic carbocycles. The first-order chi connectivity index (χ1) is 13.9. The summed E-state index contributed by atoms with van der Waals surface area (Å²) in [5.41, 5.74) is 3.27. The molecule has 1 saturated heterocycles. The van der Waals surface area contributed by atoms with Crippen molar-refractivity contribution in [1.29, 1.82) is 0 Å². The topological polar surface area (TPSA) is 75.7 Å². The summed E-state index contributed by atoms with van der Waals surface area (Å²) in [6.45, 7) is 10.2. The van der Waals surface area contributed by atoms with Crippen molar-refractivity contribution in [3.63, 3.8) is 0 Å². The summed E-state index contributed by atoms with van der Waals surface area (Å²) in [6, 6.07) is 1.89. The highest BCUT2D eigenvalue weighted by Gasteiger charge is 2.23. The Balaban J connectivity index is 1.67. The number of carbonyl (C=O) groups excluding carboxylic acids is 1. The predicted octanol–water partition coefficient (Wildman–Crippen LogP) is 1.48. The molecule has 0 saturated carbocycles. The van der Waals surface area contributed by atoms with Gasteiger partial charge in [0, 0.05) is 50.0 Å². The molecule has 0 unspecified atom stereocenters. The van der Waals surface area contributed by atoms with Gasteiger partial charge in [0.2, 0.25) is 5.91 Å². The highest BCUT2D eigenvalue weighted by molar-refractivity contribution is 7.15. The maximum absolute atomic E-state index is 13.3. The Bertz CT molecular complexity index is 1100. The third-order valence-corrected chi connectivity index (χ3v) is 6.57. The maximum Gasteiger partial charge on any atom is 0.268 e. The first-order valence-corrected chi connectivity index (χ1v) is 10.8. The third-order valence-electron chi connectivity index (χ3n) is 5.70. The van der Waals surface area contributed by atoms with Crippen molar-refractivity contribution in [2.75, 3.05) is 32.7 Å². The van der Waals surface area contributed by atoms with Crippen molar-refractivity contribution in [3.05, 3.63) is 38.9 Å². The second-order valence-corrected chi connectivity index (χ2v) is 8.35. The van der Waals surface area contributed by atoms with Crippen LogP contribution in [0.15, 0.2) is 16.2 Å². The molecule has 0 N–H and O–H groups in total. The van der Waals surface area contributed by atoms with Crippen LogP contribution in [0.25, 0.3) is 16.2 Å². The van der Waals surface area contributed by atoms with Crippen molar-refractivity contribution < 1.29 is 4.79 Å². The van der Waals surface area contributed by atoms with Crippen molar-refractivity contribution in [1.82, 2.24) is 29.0 Å². The van der Waals surface area contributed by atoms with Crippen molar-refractivity contribution in [2.24, 2.45) is 7.05 Å². The molecule has 0 radical (unpaired) electrons. The zero-order valence-corrected chi connectivity index (χ0v) is 18.1. The number of likely N-dealkylation sites (N-methyl/N-ethyl adjacent to an activating group) is 1. The van der Waals surface area contributed by atoms with E-state index in [1.807, 2.05) is 37.2 Å². The van der Waals surface area contributed by atoms with Gasteiger partial charge in [-0.25, -0.2) is 4.98 Å². The number of aromatic nitrogens is 4. The lowest BCUT2D eigenvalue weighted by atomic mass is 10.1. The Morgan fingerprint density at radius 2 is 1.93 bits per heavy atom. The van der Waals surface area contributed by atoms with E-state index in [0.29, 0.717) is 27.6 Å². The van der Waals surface area contributed by atoms with Crippen molar-refractivity contribution >= 4 is 22.2 Å². The van der Waals surface area contributed by atoms with Gasteiger partial charge in [-0.2, -0.15) is 5.10 Å². The Morgan fingerprint density at radius 3 is 2.55 bits per heavy atom. The quantitative estimate of drug-likeness (QED) is 0.646. The van der Waals surface area contributed by atoms with E-state index in [-0.39, 0.29) is 17.9 Å². The monoisotopic (exact) mass is 414 g/mol. The zero-order chi connectivity index (χ0) is 20.7. The molecule has 9 heteroatoms. The van der Waals surface area contributed by atoms with E-state index in [0.717, 1.165) is 38.4 Å². The van der Waals surface area contributed by atoms with Crippen LogP contribution in [-0.4, -0.2) is 67.6 Å². The van der Waals surface area contributed by atoms with Gasteiger partial charge in [0.25, 0.3) is 5.56 Å². The molecule has 1 aliphatic rings. The molecule has 8 nitrogen and oxygen atoms in total. The van der Waals surface area contributed by atoms with Gasteiger partial charge in [0.1, 0.15) is 0 Å². The molecule has 1 aliphatic heterocycles. The van der Waals surface area contributed by atoms with Gasteiger partial charge < -0.3 is 9.80 Å². The molecule has 3 aromatic rings. The predicted molar refractivity (Wildman–Crippen MR) is 113 cm³/mol. The molecular formula is C20H26N6O2S. The van der Waals surface area contributed by atoms with Gasteiger partial charge in [-0.15, -0.1) is 11.3 Å². The molecule has 0 atom stereocenters. The zero-order valence-electron chi connectivity index (χ0n) is 17.3. The number of nitrogens with zero attached hydrogens (tertiary/aromatic N) is 6. The Morgan fingerprint density at radius 1 is 1.21 bits per heavy atom. The van der Waals surface area contributed by atoms with Crippen LogP contribution < -0.4 is 5.56 Å². The summed E-state index contributed by atoms with van der Waals surface area (Å²) in [6.07, 6.45) is 0.206.